The van der Waals surface area contributed by atoms with E-state index in [-0.39, 0.29) is 6.41 Å². The molecule has 0 atom stereocenters. The van der Waals surface area contributed by atoms with Crippen molar-refractivity contribution in [2.24, 2.45) is 0 Å². The molecule has 106 valence electrons. The number of hydrogen-bond donors (Lipinski definition) is 1. The summed E-state index contributed by atoms with van der Waals surface area (Å²) in [5.74, 6) is 0. The van der Waals surface area contributed by atoms with Gasteiger partial charge in [0.1, 0.15) is 0 Å². The second kappa shape index (κ2) is 7.80. The van der Waals surface area contributed by atoms with Crippen molar-refractivity contribution in [2.45, 2.75) is 19.6 Å². The fourth-order valence-electron chi connectivity index (χ4n) is 1.87. The molecule has 0 amide bonds. The maximum atomic E-state index is 5.85. The van der Waals surface area contributed by atoms with Gasteiger partial charge in [-0.05, 0) is 11.1 Å². The van der Waals surface area contributed by atoms with Crippen molar-refractivity contribution in [1.29, 1.82) is 0 Å². The van der Waals surface area contributed by atoms with E-state index >= 15 is 0 Å². The molecule has 0 spiro atoms. The monoisotopic (exact) mass is 272 g/mol. The molecule has 1 N–H and O–H groups in total. The summed E-state index contributed by atoms with van der Waals surface area (Å²) >= 11 is 0. The quantitative estimate of drug-likeness (QED) is 0.777. The second-order valence-corrected chi connectivity index (χ2v) is 5.00. The first-order chi connectivity index (χ1) is 9.75. The van der Waals surface area contributed by atoms with Crippen LogP contribution in [0.25, 0.3) is 0 Å². The van der Waals surface area contributed by atoms with E-state index in [1.54, 1.807) is 0 Å². The molecule has 2 aromatic rings. The molecule has 0 aliphatic carbocycles. The van der Waals surface area contributed by atoms with Gasteiger partial charge in [-0.25, -0.2) is 0 Å². The van der Waals surface area contributed by atoms with Crippen LogP contribution in [0.1, 0.15) is 11.1 Å². The Morgan fingerprint density at radius 2 is 1.15 bits per heavy atom. The molecule has 3 nitrogen and oxygen atoms in total. The highest BCUT2D eigenvalue weighted by atomic mass is 16.7. The van der Waals surface area contributed by atoms with E-state index in [9.17, 15) is 0 Å². The van der Waals surface area contributed by atoms with Crippen LogP contribution in [0.5, 0.6) is 0 Å². The highest BCUT2D eigenvalue weighted by Crippen LogP contribution is 2.05. The topological polar surface area (TPSA) is 22.9 Å². The van der Waals surface area contributed by atoms with E-state index in [2.05, 4.69) is 24.3 Å². The van der Waals surface area contributed by atoms with Crippen molar-refractivity contribution in [2.75, 3.05) is 14.1 Å². The van der Waals surface area contributed by atoms with Crippen LogP contribution in [0.3, 0.4) is 0 Å². The molecule has 0 bridgehead atoms. The predicted octanol–water partition coefficient (Wildman–Crippen LogP) is 1.85. The van der Waals surface area contributed by atoms with Crippen molar-refractivity contribution in [1.82, 2.24) is 0 Å². The van der Waals surface area contributed by atoms with Gasteiger partial charge in [-0.1, -0.05) is 60.7 Å². The fourth-order valence-corrected chi connectivity index (χ4v) is 1.87. The molecule has 0 saturated carbocycles. The number of hydrogen-bond acceptors (Lipinski definition) is 2. The summed E-state index contributed by atoms with van der Waals surface area (Å²) in [6.07, 6.45) is -0.268. The highest BCUT2D eigenvalue weighted by Gasteiger charge is 2.16. The maximum absolute atomic E-state index is 5.85. The summed E-state index contributed by atoms with van der Waals surface area (Å²) in [5.41, 5.74) is 2.31. The third kappa shape index (κ3) is 4.78. The molecule has 0 radical (unpaired) electrons. The standard InChI is InChI=1S/C17H21NO2/c1-18(2)17(19-13-15-9-5-3-6-10-15)20-14-16-11-7-4-8-12-16/h3-12,17H,13-14H2,1-2H3/p+1. The lowest BCUT2D eigenvalue weighted by Crippen LogP contribution is -3.10. The molecule has 0 aromatic heterocycles. The molecule has 0 fully saturated rings. The van der Waals surface area contributed by atoms with E-state index in [1.807, 2.05) is 50.5 Å². The molecule has 20 heavy (non-hydrogen) atoms. The average molecular weight is 272 g/mol. The first kappa shape index (κ1) is 14.7. The average Bonchev–Trinajstić information content (AvgIpc) is 2.49. The van der Waals surface area contributed by atoms with Crippen LogP contribution in [0.4, 0.5) is 0 Å². The van der Waals surface area contributed by atoms with Gasteiger partial charge in [-0.2, -0.15) is 0 Å². The lowest BCUT2D eigenvalue weighted by atomic mass is 10.2. The molecule has 0 heterocycles. The van der Waals surface area contributed by atoms with Gasteiger partial charge in [-0.3, -0.25) is 4.90 Å². The Hall–Kier alpha value is -1.68. The fraction of sp³-hybridized carbons (Fsp3) is 0.294. The van der Waals surface area contributed by atoms with Gasteiger partial charge in [0, 0.05) is 0 Å². The first-order valence-corrected chi connectivity index (χ1v) is 6.87. The van der Waals surface area contributed by atoms with E-state index in [1.165, 1.54) is 0 Å². The zero-order valence-electron chi connectivity index (χ0n) is 12.1. The lowest BCUT2D eigenvalue weighted by Gasteiger charge is -2.21. The zero-order chi connectivity index (χ0) is 14.2. The molecule has 0 unspecified atom stereocenters. The largest absolute Gasteiger partial charge is 0.307 e. The Labute approximate surface area is 120 Å². The number of ether oxygens (including phenoxy) is 2. The summed E-state index contributed by atoms with van der Waals surface area (Å²) < 4.78 is 11.7. The number of benzene rings is 2. The summed E-state index contributed by atoms with van der Waals surface area (Å²) in [5, 5.41) is 0. The van der Waals surface area contributed by atoms with Crippen molar-refractivity contribution in [3.8, 4) is 0 Å². The predicted molar refractivity (Wildman–Crippen MR) is 79.1 cm³/mol. The van der Waals surface area contributed by atoms with Crippen LogP contribution in [-0.4, -0.2) is 20.5 Å². The summed E-state index contributed by atoms with van der Waals surface area (Å²) in [6, 6.07) is 20.3. The Morgan fingerprint density at radius 1 is 0.750 bits per heavy atom. The molecule has 0 aliphatic heterocycles. The maximum Gasteiger partial charge on any atom is 0.307 e. The number of nitrogens with one attached hydrogen (secondary N) is 1. The van der Waals surface area contributed by atoms with E-state index < -0.39 is 0 Å². The smallest absolute Gasteiger partial charge is 0.301 e. The van der Waals surface area contributed by atoms with Crippen LogP contribution in [0, 0.1) is 0 Å². The van der Waals surface area contributed by atoms with Crippen LogP contribution in [0.2, 0.25) is 0 Å². The minimum atomic E-state index is -0.268. The lowest BCUT2D eigenvalue weighted by molar-refractivity contribution is -0.940. The van der Waals surface area contributed by atoms with Gasteiger partial charge in [0.25, 0.3) is 0 Å². The van der Waals surface area contributed by atoms with Gasteiger partial charge >= 0.3 is 6.41 Å². The van der Waals surface area contributed by atoms with Crippen LogP contribution < -0.4 is 4.90 Å². The molecular weight excluding hydrogens is 250 g/mol. The highest BCUT2D eigenvalue weighted by molar-refractivity contribution is 5.14. The summed E-state index contributed by atoms with van der Waals surface area (Å²) in [4.78, 5) is 1.12. The van der Waals surface area contributed by atoms with E-state index in [4.69, 9.17) is 9.47 Å². The normalized spacial score (nSPS) is 11.2. The van der Waals surface area contributed by atoms with Crippen LogP contribution in [-0.2, 0) is 22.7 Å². The third-order valence-electron chi connectivity index (χ3n) is 2.96. The van der Waals surface area contributed by atoms with Gasteiger partial charge in [-0.15, -0.1) is 0 Å². The van der Waals surface area contributed by atoms with Gasteiger partial charge in [0.2, 0.25) is 0 Å². The Balaban J connectivity index is 1.84. The van der Waals surface area contributed by atoms with E-state index in [0.717, 1.165) is 16.0 Å². The molecule has 2 aromatic carbocycles. The van der Waals surface area contributed by atoms with Crippen LogP contribution in [0.15, 0.2) is 60.7 Å². The zero-order valence-corrected chi connectivity index (χ0v) is 12.1. The van der Waals surface area contributed by atoms with Gasteiger partial charge in [0.15, 0.2) is 0 Å². The van der Waals surface area contributed by atoms with Crippen molar-refractivity contribution < 1.29 is 14.4 Å². The minimum absolute atomic E-state index is 0.268. The number of quaternary nitrogens is 1. The Kier molecular flexibility index (Phi) is 5.74. The molecule has 3 heteroatoms. The van der Waals surface area contributed by atoms with Gasteiger partial charge < -0.3 is 9.47 Å². The van der Waals surface area contributed by atoms with Gasteiger partial charge in [0.05, 0.1) is 27.3 Å². The molecular formula is C17H22NO2+. The van der Waals surface area contributed by atoms with Crippen molar-refractivity contribution >= 4 is 0 Å². The Morgan fingerprint density at radius 3 is 1.50 bits per heavy atom. The van der Waals surface area contributed by atoms with E-state index in [0.29, 0.717) is 13.2 Å². The molecule has 0 aliphatic rings. The minimum Gasteiger partial charge on any atom is -0.301 e. The third-order valence-corrected chi connectivity index (χ3v) is 2.96. The second-order valence-electron chi connectivity index (χ2n) is 5.00. The SMILES string of the molecule is C[NH+](C)C(OCc1ccccc1)OCc1ccccc1. The van der Waals surface area contributed by atoms with Crippen molar-refractivity contribution in [3.05, 3.63) is 71.8 Å². The molecule has 0 saturated heterocycles. The Bertz CT molecular complexity index is 441. The first-order valence-electron chi connectivity index (χ1n) is 6.87. The summed E-state index contributed by atoms with van der Waals surface area (Å²) in [6.45, 7) is 1.12. The van der Waals surface area contributed by atoms with Crippen LogP contribution >= 0.6 is 0 Å². The molecule has 2 rings (SSSR count). The van der Waals surface area contributed by atoms with Crippen molar-refractivity contribution in [3.63, 3.8) is 0 Å². The summed E-state index contributed by atoms with van der Waals surface area (Å²) in [7, 11) is 4.06. The number of rotatable bonds is 7.